The number of rotatable bonds is 3. The van der Waals surface area contributed by atoms with Gasteiger partial charge < -0.3 is 5.11 Å². The van der Waals surface area contributed by atoms with E-state index in [1.54, 1.807) is 0 Å². The van der Waals surface area contributed by atoms with Crippen molar-refractivity contribution in [1.82, 2.24) is 4.90 Å². The van der Waals surface area contributed by atoms with Crippen LogP contribution >= 0.6 is 0 Å². The minimum atomic E-state index is -0.123. The molecule has 1 heterocycles. The minimum absolute atomic E-state index is 0.123. The molecule has 1 fully saturated rings. The Morgan fingerprint density at radius 3 is 2.39 bits per heavy atom. The molecule has 2 aromatic rings. The first-order valence-corrected chi connectivity index (χ1v) is 6.36. The summed E-state index contributed by atoms with van der Waals surface area (Å²) in [4.78, 5) is 2.26. The smallest absolute Gasteiger partial charge is 0.0794 e. The van der Waals surface area contributed by atoms with Gasteiger partial charge in [-0.05, 0) is 22.8 Å². The van der Waals surface area contributed by atoms with Gasteiger partial charge in [-0.15, -0.1) is 0 Å². The largest absolute Gasteiger partial charge is 0.390 e. The molecule has 0 saturated carbocycles. The number of nitrogens with zero attached hydrogens (tertiary/aromatic N) is 1. The molecule has 1 saturated heterocycles. The highest BCUT2D eigenvalue weighted by atomic mass is 16.3. The highest BCUT2D eigenvalue weighted by Crippen LogP contribution is 2.21. The van der Waals surface area contributed by atoms with E-state index in [1.165, 1.54) is 16.7 Å². The third-order valence-electron chi connectivity index (χ3n) is 3.38. The van der Waals surface area contributed by atoms with Crippen molar-refractivity contribution < 1.29 is 5.11 Å². The maximum atomic E-state index is 9.29. The first kappa shape index (κ1) is 11.5. The molecule has 0 amide bonds. The van der Waals surface area contributed by atoms with Crippen LogP contribution in [0.2, 0.25) is 0 Å². The van der Waals surface area contributed by atoms with E-state index < -0.39 is 0 Å². The molecule has 0 unspecified atom stereocenters. The van der Waals surface area contributed by atoms with Gasteiger partial charge in [-0.25, -0.2) is 0 Å². The van der Waals surface area contributed by atoms with Gasteiger partial charge in [0.2, 0.25) is 0 Å². The summed E-state index contributed by atoms with van der Waals surface area (Å²) in [5.74, 6) is 0. The summed E-state index contributed by atoms with van der Waals surface area (Å²) in [6, 6.07) is 19.1. The van der Waals surface area contributed by atoms with Crippen molar-refractivity contribution in [2.24, 2.45) is 0 Å². The monoisotopic (exact) mass is 239 g/mol. The Kier molecular flexibility index (Phi) is 3.13. The molecule has 0 spiro atoms. The van der Waals surface area contributed by atoms with Crippen LogP contribution in [-0.2, 0) is 6.54 Å². The topological polar surface area (TPSA) is 23.5 Å². The van der Waals surface area contributed by atoms with Crippen LogP contribution in [0.15, 0.2) is 54.6 Å². The Hall–Kier alpha value is -1.64. The van der Waals surface area contributed by atoms with E-state index in [9.17, 15) is 5.11 Å². The molecule has 0 bridgehead atoms. The molecule has 0 aromatic heterocycles. The van der Waals surface area contributed by atoms with Gasteiger partial charge >= 0.3 is 0 Å². The molecule has 0 radical (unpaired) electrons. The molecular weight excluding hydrogens is 222 g/mol. The average Bonchev–Trinajstić information content (AvgIpc) is 2.38. The molecule has 2 aromatic carbocycles. The van der Waals surface area contributed by atoms with Crippen LogP contribution in [0.4, 0.5) is 0 Å². The Labute approximate surface area is 107 Å². The molecule has 1 aliphatic rings. The lowest BCUT2D eigenvalue weighted by molar-refractivity contribution is -0.00285. The minimum Gasteiger partial charge on any atom is -0.390 e. The zero-order valence-corrected chi connectivity index (χ0v) is 10.3. The quantitative estimate of drug-likeness (QED) is 0.889. The fourth-order valence-corrected chi connectivity index (χ4v) is 2.41. The van der Waals surface area contributed by atoms with Crippen molar-refractivity contribution in [2.45, 2.75) is 12.6 Å². The van der Waals surface area contributed by atoms with Crippen LogP contribution < -0.4 is 0 Å². The lowest BCUT2D eigenvalue weighted by Crippen LogP contribution is -2.49. The third-order valence-corrected chi connectivity index (χ3v) is 3.38. The molecule has 18 heavy (non-hydrogen) atoms. The fraction of sp³-hybridized carbons (Fsp3) is 0.250. The Bertz CT molecular complexity index is 518. The lowest BCUT2D eigenvalue weighted by Gasteiger charge is -2.35. The number of β-amino-alcohol motifs (C(OH)–C–C–N with tert-alkyl or cyclic N) is 1. The van der Waals surface area contributed by atoms with Crippen LogP contribution in [0.3, 0.4) is 0 Å². The second kappa shape index (κ2) is 4.92. The molecule has 1 aliphatic heterocycles. The maximum Gasteiger partial charge on any atom is 0.0794 e. The van der Waals surface area contributed by atoms with Crippen molar-refractivity contribution in [3.63, 3.8) is 0 Å². The van der Waals surface area contributed by atoms with Crippen molar-refractivity contribution in [2.75, 3.05) is 13.1 Å². The SMILES string of the molecule is OC1CN(Cc2cccc(-c3ccccc3)c2)C1. The van der Waals surface area contributed by atoms with Gasteiger partial charge in [0.25, 0.3) is 0 Å². The first-order chi connectivity index (χ1) is 8.81. The van der Waals surface area contributed by atoms with E-state index in [0.29, 0.717) is 0 Å². The van der Waals surface area contributed by atoms with Gasteiger partial charge in [-0.1, -0.05) is 48.5 Å². The summed E-state index contributed by atoms with van der Waals surface area (Å²) >= 11 is 0. The number of aliphatic hydroxyl groups is 1. The van der Waals surface area contributed by atoms with Crippen molar-refractivity contribution in [3.8, 4) is 11.1 Å². The van der Waals surface area contributed by atoms with E-state index in [0.717, 1.165) is 19.6 Å². The highest BCUT2D eigenvalue weighted by Gasteiger charge is 2.23. The molecule has 0 atom stereocenters. The molecular formula is C16H17NO. The number of hydrogen-bond acceptors (Lipinski definition) is 2. The van der Waals surface area contributed by atoms with Crippen LogP contribution in [0.5, 0.6) is 0 Å². The van der Waals surface area contributed by atoms with Crippen molar-refractivity contribution in [1.29, 1.82) is 0 Å². The van der Waals surface area contributed by atoms with E-state index >= 15 is 0 Å². The molecule has 0 aliphatic carbocycles. The zero-order valence-electron chi connectivity index (χ0n) is 10.3. The second-order valence-corrected chi connectivity index (χ2v) is 4.91. The van der Waals surface area contributed by atoms with Crippen LogP contribution in [0, 0.1) is 0 Å². The first-order valence-electron chi connectivity index (χ1n) is 6.36. The van der Waals surface area contributed by atoms with Crippen LogP contribution in [-0.4, -0.2) is 29.2 Å². The van der Waals surface area contributed by atoms with Gasteiger partial charge in [0.15, 0.2) is 0 Å². The van der Waals surface area contributed by atoms with Crippen molar-refractivity contribution in [3.05, 3.63) is 60.2 Å². The van der Waals surface area contributed by atoms with Crippen LogP contribution in [0.1, 0.15) is 5.56 Å². The van der Waals surface area contributed by atoms with Crippen molar-refractivity contribution >= 4 is 0 Å². The van der Waals surface area contributed by atoms with E-state index in [1.807, 2.05) is 6.07 Å². The fourth-order valence-electron chi connectivity index (χ4n) is 2.41. The summed E-state index contributed by atoms with van der Waals surface area (Å²) in [6.07, 6.45) is -0.123. The summed E-state index contributed by atoms with van der Waals surface area (Å²) in [6.45, 7) is 2.53. The number of aliphatic hydroxyl groups excluding tert-OH is 1. The number of benzene rings is 2. The Morgan fingerprint density at radius 1 is 0.944 bits per heavy atom. The van der Waals surface area contributed by atoms with Gasteiger partial charge in [0.05, 0.1) is 6.10 Å². The van der Waals surface area contributed by atoms with Gasteiger partial charge in [0.1, 0.15) is 0 Å². The molecule has 2 nitrogen and oxygen atoms in total. The Balaban J connectivity index is 1.77. The maximum absolute atomic E-state index is 9.29. The summed E-state index contributed by atoms with van der Waals surface area (Å²) < 4.78 is 0. The predicted molar refractivity (Wildman–Crippen MR) is 73.2 cm³/mol. The van der Waals surface area contributed by atoms with E-state index in [4.69, 9.17) is 0 Å². The summed E-state index contributed by atoms with van der Waals surface area (Å²) in [7, 11) is 0. The number of likely N-dealkylation sites (tertiary alicyclic amines) is 1. The van der Waals surface area contributed by atoms with Gasteiger partial charge in [-0.2, -0.15) is 0 Å². The molecule has 3 rings (SSSR count). The average molecular weight is 239 g/mol. The van der Waals surface area contributed by atoms with Crippen LogP contribution in [0.25, 0.3) is 11.1 Å². The summed E-state index contributed by atoms with van der Waals surface area (Å²) in [5, 5.41) is 9.29. The third kappa shape index (κ3) is 2.45. The molecule has 1 N–H and O–H groups in total. The highest BCUT2D eigenvalue weighted by molar-refractivity contribution is 5.63. The summed E-state index contributed by atoms with van der Waals surface area (Å²) in [5.41, 5.74) is 3.82. The lowest BCUT2D eigenvalue weighted by atomic mass is 10.0. The molecule has 2 heteroatoms. The van der Waals surface area contributed by atoms with Gasteiger partial charge in [0, 0.05) is 19.6 Å². The number of hydrogen-bond donors (Lipinski definition) is 1. The zero-order chi connectivity index (χ0) is 12.4. The van der Waals surface area contributed by atoms with E-state index in [-0.39, 0.29) is 6.10 Å². The molecule has 92 valence electrons. The van der Waals surface area contributed by atoms with Gasteiger partial charge in [-0.3, -0.25) is 4.90 Å². The predicted octanol–water partition coefficient (Wildman–Crippen LogP) is 2.53. The second-order valence-electron chi connectivity index (χ2n) is 4.91. The Morgan fingerprint density at radius 2 is 1.67 bits per heavy atom. The standard InChI is InChI=1S/C16H17NO/c18-16-11-17(12-16)10-13-5-4-8-15(9-13)14-6-2-1-3-7-14/h1-9,16,18H,10-12H2. The van der Waals surface area contributed by atoms with E-state index in [2.05, 4.69) is 53.4 Å². The normalized spacial score (nSPS) is 16.5.